The SMILES string of the molecule is COc1cccc(C2(CCC#N)CCCCC2=O)c1. The van der Waals surface area contributed by atoms with Crippen LogP contribution >= 0.6 is 0 Å². The maximum atomic E-state index is 12.5. The molecule has 1 aromatic rings. The number of benzene rings is 1. The summed E-state index contributed by atoms with van der Waals surface area (Å²) in [5, 5.41) is 8.86. The van der Waals surface area contributed by atoms with Gasteiger partial charge >= 0.3 is 0 Å². The Morgan fingerprint density at radius 3 is 2.95 bits per heavy atom. The van der Waals surface area contributed by atoms with E-state index in [2.05, 4.69) is 6.07 Å². The zero-order valence-corrected chi connectivity index (χ0v) is 11.3. The van der Waals surface area contributed by atoms with Crippen molar-refractivity contribution in [3.8, 4) is 11.8 Å². The number of ketones is 1. The van der Waals surface area contributed by atoms with Gasteiger partial charge in [-0.25, -0.2) is 0 Å². The van der Waals surface area contributed by atoms with Crippen LogP contribution in [0.4, 0.5) is 0 Å². The minimum absolute atomic E-state index is 0.280. The molecular formula is C16H19NO2. The molecule has 19 heavy (non-hydrogen) atoms. The molecule has 100 valence electrons. The van der Waals surface area contributed by atoms with Gasteiger partial charge in [0.2, 0.25) is 0 Å². The van der Waals surface area contributed by atoms with Crippen molar-refractivity contribution in [2.24, 2.45) is 0 Å². The van der Waals surface area contributed by atoms with Gasteiger partial charge in [0, 0.05) is 12.8 Å². The summed E-state index contributed by atoms with van der Waals surface area (Å²) in [4.78, 5) is 12.5. The predicted octanol–water partition coefficient (Wildman–Crippen LogP) is 3.38. The molecule has 0 saturated heterocycles. The number of carbonyl (C=O) groups is 1. The molecule has 1 unspecified atom stereocenters. The number of ether oxygens (including phenoxy) is 1. The first-order valence-electron chi connectivity index (χ1n) is 6.78. The summed E-state index contributed by atoms with van der Waals surface area (Å²) < 4.78 is 5.25. The van der Waals surface area contributed by atoms with Gasteiger partial charge in [-0.3, -0.25) is 4.79 Å². The van der Waals surface area contributed by atoms with Crippen LogP contribution in [0.3, 0.4) is 0 Å². The van der Waals surface area contributed by atoms with Crippen LogP contribution in [-0.4, -0.2) is 12.9 Å². The Kier molecular flexibility index (Phi) is 4.21. The van der Waals surface area contributed by atoms with Crippen molar-refractivity contribution in [2.45, 2.75) is 43.9 Å². The Morgan fingerprint density at radius 2 is 2.26 bits per heavy atom. The van der Waals surface area contributed by atoms with Gasteiger partial charge in [-0.2, -0.15) is 5.26 Å². The van der Waals surface area contributed by atoms with E-state index in [0.717, 1.165) is 30.6 Å². The van der Waals surface area contributed by atoms with Gasteiger partial charge in [-0.05, 0) is 37.0 Å². The lowest BCUT2D eigenvalue weighted by atomic mass is 9.66. The van der Waals surface area contributed by atoms with Gasteiger partial charge in [-0.15, -0.1) is 0 Å². The Bertz CT molecular complexity index is 504. The summed E-state index contributed by atoms with van der Waals surface area (Å²) in [5.74, 6) is 1.05. The average Bonchev–Trinajstić information content (AvgIpc) is 2.47. The van der Waals surface area contributed by atoms with Crippen LogP contribution in [0, 0.1) is 11.3 Å². The summed E-state index contributed by atoms with van der Waals surface area (Å²) in [6.07, 6.45) is 4.53. The van der Waals surface area contributed by atoms with Crippen LogP contribution in [0.5, 0.6) is 5.75 Å². The van der Waals surface area contributed by atoms with Crippen molar-refractivity contribution >= 4 is 5.78 Å². The molecular weight excluding hydrogens is 238 g/mol. The Morgan fingerprint density at radius 1 is 1.42 bits per heavy atom. The summed E-state index contributed by atoms with van der Waals surface area (Å²) in [6, 6.07) is 9.91. The first-order chi connectivity index (χ1) is 9.23. The molecule has 0 bridgehead atoms. The first-order valence-corrected chi connectivity index (χ1v) is 6.78. The maximum absolute atomic E-state index is 12.5. The van der Waals surface area contributed by atoms with Crippen LogP contribution in [0.2, 0.25) is 0 Å². The molecule has 1 fully saturated rings. The number of hydrogen-bond acceptors (Lipinski definition) is 3. The summed E-state index contributed by atoms with van der Waals surface area (Å²) in [6.45, 7) is 0. The molecule has 0 N–H and O–H groups in total. The van der Waals surface area contributed by atoms with E-state index in [1.165, 1.54) is 0 Å². The minimum atomic E-state index is -0.470. The number of hydrogen-bond donors (Lipinski definition) is 0. The van der Waals surface area contributed by atoms with Crippen molar-refractivity contribution in [3.05, 3.63) is 29.8 Å². The lowest BCUT2D eigenvalue weighted by Crippen LogP contribution is -2.38. The normalized spacial score (nSPS) is 22.8. The molecule has 3 nitrogen and oxygen atoms in total. The Hall–Kier alpha value is -1.82. The van der Waals surface area contributed by atoms with Gasteiger partial charge in [-0.1, -0.05) is 18.6 Å². The maximum Gasteiger partial charge on any atom is 0.143 e. The number of nitrogens with zero attached hydrogens (tertiary/aromatic N) is 1. The minimum Gasteiger partial charge on any atom is -0.497 e. The average molecular weight is 257 g/mol. The zero-order chi connectivity index (χ0) is 13.7. The molecule has 2 rings (SSSR count). The summed E-state index contributed by atoms with van der Waals surface area (Å²) in [7, 11) is 1.63. The van der Waals surface area contributed by atoms with E-state index in [9.17, 15) is 4.79 Å². The standard InChI is InChI=1S/C16H19NO2/c1-19-14-7-4-6-13(12-14)16(10-5-11-17)9-3-2-8-15(16)18/h4,6-7,12H,2-3,5,8-10H2,1H3. The molecule has 0 aromatic heterocycles. The molecule has 1 aliphatic rings. The van der Waals surface area contributed by atoms with Crippen molar-refractivity contribution in [2.75, 3.05) is 7.11 Å². The summed E-state index contributed by atoms with van der Waals surface area (Å²) >= 11 is 0. The lowest BCUT2D eigenvalue weighted by molar-refractivity contribution is -0.126. The van der Waals surface area contributed by atoms with Crippen LogP contribution in [-0.2, 0) is 10.2 Å². The van der Waals surface area contributed by atoms with E-state index in [4.69, 9.17) is 10.00 Å². The third-order valence-corrected chi connectivity index (χ3v) is 4.08. The van der Waals surface area contributed by atoms with E-state index >= 15 is 0 Å². The second-order valence-corrected chi connectivity index (χ2v) is 5.10. The molecule has 0 amide bonds. The molecule has 1 aliphatic carbocycles. The van der Waals surface area contributed by atoms with Crippen molar-refractivity contribution < 1.29 is 9.53 Å². The monoisotopic (exact) mass is 257 g/mol. The molecule has 0 spiro atoms. The van der Waals surface area contributed by atoms with Gasteiger partial charge in [0.1, 0.15) is 11.5 Å². The highest BCUT2D eigenvalue weighted by Gasteiger charge is 2.40. The van der Waals surface area contributed by atoms with Crippen molar-refractivity contribution in [3.63, 3.8) is 0 Å². The number of methoxy groups -OCH3 is 1. The van der Waals surface area contributed by atoms with Crippen molar-refractivity contribution in [1.82, 2.24) is 0 Å². The van der Waals surface area contributed by atoms with E-state index in [-0.39, 0.29) is 5.78 Å². The Labute approximate surface area is 114 Å². The molecule has 0 aliphatic heterocycles. The zero-order valence-electron chi connectivity index (χ0n) is 11.3. The molecule has 3 heteroatoms. The fourth-order valence-electron chi connectivity index (χ4n) is 3.00. The van der Waals surface area contributed by atoms with E-state index < -0.39 is 5.41 Å². The highest BCUT2D eigenvalue weighted by atomic mass is 16.5. The lowest BCUT2D eigenvalue weighted by Gasteiger charge is -2.36. The van der Waals surface area contributed by atoms with Crippen molar-refractivity contribution in [1.29, 1.82) is 5.26 Å². The largest absolute Gasteiger partial charge is 0.497 e. The molecule has 0 radical (unpaired) electrons. The third-order valence-electron chi connectivity index (χ3n) is 4.08. The van der Waals surface area contributed by atoms with Gasteiger partial charge in [0.15, 0.2) is 0 Å². The molecule has 1 atom stereocenters. The number of carbonyl (C=O) groups excluding carboxylic acids is 1. The fraction of sp³-hybridized carbons (Fsp3) is 0.500. The number of rotatable bonds is 4. The first kappa shape index (κ1) is 13.6. The van der Waals surface area contributed by atoms with Gasteiger partial charge in [0.05, 0.1) is 18.6 Å². The third kappa shape index (κ3) is 2.63. The van der Waals surface area contributed by atoms with Gasteiger partial charge in [0.25, 0.3) is 0 Å². The summed E-state index contributed by atoms with van der Waals surface area (Å²) in [5.41, 5.74) is 0.537. The van der Waals surface area contributed by atoms with Crippen LogP contribution in [0.1, 0.15) is 44.1 Å². The second kappa shape index (κ2) is 5.88. The van der Waals surface area contributed by atoms with Gasteiger partial charge < -0.3 is 4.74 Å². The van der Waals surface area contributed by atoms with Crippen LogP contribution in [0.25, 0.3) is 0 Å². The smallest absolute Gasteiger partial charge is 0.143 e. The second-order valence-electron chi connectivity index (χ2n) is 5.10. The predicted molar refractivity (Wildman–Crippen MR) is 73.0 cm³/mol. The number of nitriles is 1. The topological polar surface area (TPSA) is 50.1 Å². The van der Waals surface area contributed by atoms with E-state index in [1.807, 2.05) is 24.3 Å². The molecule has 1 aromatic carbocycles. The quantitative estimate of drug-likeness (QED) is 0.830. The van der Waals surface area contributed by atoms with Crippen LogP contribution in [0.15, 0.2) is 24.3 Å². The van der Waals surface area contributed by atoms with E-state index in [1.54, 1.807) is 7.11 Å². The fourth-order valence-corrected chi connectivity index (χ4v) is 3.00. The van der Waals surface area contributed by atoms with Crippen LogP contribution < -0.4 is 4.74 Å². The Balaban J connectivity index is 2.41. The highest BCUT2D eigenvalue weighted by Crippen LogP contribution is 2.41. The molecule has 1 saturated carbocycles. The molecule has 0 heterocycles. The highest BCUT2D eigenvalue weighted by molar-refractivity contribution is 5.91. The van der Waals surface area contributed by atoms with E-state index in [0.29, 0.717) is 19.3 Å². The number of Topliss-reactive ketones (excluding diaryl/α,β-unsaturated/α-hetero) is 1.